The van der Waals surface area contributed by atoms with Crippen molar-refractivity contribution in [3.63, 3.8) is 0 Å². The van der Waals surface area contributed by atoms with Crippen LogP contribution in [0.4, 0.5) is 5.69 Å². The summed E-state index contributed by atoms with van der Waals surface area (Å²) in [6.07, 6.45) is 0.961. The largest absolute Gasteiger partial charge is 0.354 e. The summed E-state index contributed by atoms with van der Waals surface area (Å²) in [6.45, 7) is 3.86. The molecule has 4 rings (SSSR count). The monoisotopic (exact) mass is 651 g/mol. The van der Waals surface area contributed by atoms with Gasteiger partial charge in [0.2, 0.25) is 11.8 Å². The van der Waals surface area contributed by atoms with Crippen molar-refractivity contribution in [2.24, 2.45) is 0 Å². The molecule has 1 unspecified atom stereocenters. The number of halogens is 2. The smallest absolute Gasteiger partial charge is 0.264 e. The van der Waals surface area contributed by atoms with E-state index in [4.69, 9.17) is 23.2 Å². The third kappa shape index (κ3) is 8.40. The number of hydrogen-bond acceptors (Lipinski definition) is 4. The zero-order valence-electron chi connectivity index (χ0n) is 24.6. The first kappa shape index (κ1) is 33.1. The molecule has 230 valence electrons. The Morgan fingerprint density at radius 1 is 0.818 bits per heavy atom. The predicted octanol–water partition coefficient (Wildman–Crippen LogP) is 6.66. The van der Waals surface area contributed by atoms with E-state index in [-0.39, 0.29) is 39.5 Å². The van der Waals surface area contributed by atoms with Crippen LogP contribution in [0.2, 0.25) is 10.0 Å². The summed E-state index contributed by atoms with van der Waals surface area (Å²) in [7, 11) is -4.23. The first-order chi connectivity index (χ1) is 21.1. The molecule has 1 atom stereocenters. The van der Waals surface area contributed by atoms with E-state index in [0.29, 0.717) is 6.54 Å². The number of benzene rings is 4. The first-order valence-electron chi connectivity index (χ1n) is 14.3. The Labute approximate surface area is 269 Å². The molecule has 0 saturated carbocycles. The zero-order chi connectivity index (χ0) is 31.7. The van der Waals surface area contributed by atoms with E-state index in [9.17, 15) is 18.0 Å². The van der Waals surface area contributed by atoms with Gasteiger partial charge < -0.3 is 10.2 Å². The summed E-state index contributed by atoms with van der Waals surface area (Å²) >= 11 is 12.5. The summed E-state index contributed by atoms with van der Waals surface area (Å²) in [6, 6.07) is 28.4. The van der Waals surface area contributed by atoms with Gasteiger partial charge in [0.15, 0.2) is 0 Å². The molecule has 0 aliphatic carbocycles. The lowest BCUT2D eigenvalue weighted by Crippen LogP contribution is -2.53. The van der Waals surface area contributed by atoms with Gasteiger partial charge in [-0.05, 0) is 54.8 Å². The molecule has 0 saturated heterocycles. The maximum Gasteiger partial charge on any atom is 0.264 e. The summed E-state index contributed by atoms with van der Waals surface area (Å²) in [5, 5.41) is 3.33. The number of carbonyl (C=O) groups excluding carboxylic acids is 2. The minimum atomic E-state index is -4.23. The Morgan fingerprint density at radius 2 is 1.48 bits per heavy atom. The maximum atomic E-state index is 14.4. The van der Waals surface area contributed by atoms with Gasteiger partial charge in [-0.1, -0.05) is 108 Å². The van der Waals surface area contributed by atoms with Gasteiger partial charge in [0, 0.05) is 19.5 Å². The quantitative estimate of drug-likeness (QED) is 0.175. The van der Waals surface area contributed by atoms with Crippen LogP contribution >= 0.6 is 23.2 Å². The number of carbonyl (C=O) groups is 2. The van der Waals surface area contributed by atoms with Crippen LogP contribution in [0.5, 0.6) is 0 Å². The van der Waals surface area contributed by atoms with Gasteiger partial charge in [0.1, 0.15) is 12.6 Å². The number of rotatable bonds is 13. The van der Waals surface area contributed by atoms with Gasteiger partial charge in [-0.25, -0.2) is 8.42 Å². The molecular formula is C34H35Cl2N3O4S. The lowest BCUT2D eigenvalue weighted by Gasteiger charge is -2.34. The average molecular weight is 653 g/mol. The number of aryl methyl sites for hydroxylation is 1. The van der Waals surface area contributed by atoms with Gasteiger partial charge in [-0.3, -0.25) is 13.9 Å². The molecule has 7 nitrogen and oxygen atoms in total. The zero-order valence-corrected chi connectivity index (χ0v) is 26.9. The van der Waals surface area contributed by atoms with E-state index < -0.39 is 28.5 Å². The van der Waals surface area contributed by atoms with Gasteiger partial charge >= 0.3 is 0 Å². The molecule has 2 amide bonds. The molecule has 0 aromatic heterocycles. The van der Waals surface area contributed by atoms with Crippen molar-refractivity contribution in [2.75, 3.05) is 17.4 Å². The van der Waals surface area contributed by atoms with Crippen molar-refractivity contribution in [3.05, 3.63) is 130 Å². The highest BCUT2D eigenvalue weighted by molar-refractivity contribution is 7.92. The fourth-order valence-corrected chi connectivity index (χ4v) is 6.54. The molecular weight excluding hydrogens is 617 g/mol. The molecule has 4 aromatic carbocycles. The summed E-state index contributed by atoms with van der Waals surface area (Å²) in [5.74, 6) is -0.867. The highest BCUT2D eigenvalue weighted by Gasteiger charge is 2.34. The van der Waals surface area contributed by atoms with Gasteiger partial charge in [-0.15, -0.1) is 0 Å². The van der Waals surface area contributed by atoms with Crippen LogP contribution in [0.25, 0.3) is 0 Å². The van der Waals surface area contributed by atoms with Gasteiger partial charge in [0.05, 0.1) is 20.6 Å². The highest BCUT2D eigenvalue weighted by Crippen LogP contribution is 2.31. The van der Waals surface area contributed by atoms with E-state index in [1.165, 1.54) is 35.2 Å². The second-order valence-electron chi connectivity index (χ2n) is 10.4. The second kappa shape index (κ2) is 15.2. The van der Waals surface area contributed by atoms with Crippen LogP contribution in [-0.4, -0.2) is 44.3 Å². The number of anilines is 1. The van der Waals surface area contributed by atoms with Gasteiger partial charge in [0.25, 0.3) is 10.0 Å². The molecule has 0 heterocycles. The van der Waals surface area contributed by atoms with Crippen LogP contribution in [-0.2, 0) is 32.6 Å². The Bertz CT molecular complexity index is 1690. The lowest BCUT2D eigenvalue weighted by molar-refractivity contribution is -0.140. The van der Waals surface area contributed by atoms with E-state index in [1.54, 1.807) is 18.2 Å². The minimum absolute atomic E-state index is 0.00521. The van der Waals surface area contributed by atoms with Gasteiger partial charge in [-0.2, -0.15) is 0 Å². The SMILES string of the molecule is CCCNC(=O)C(Cc1ccccc1)N(Cc1cccc(C)c1)C(=O)CN(c1ccc(Cl)c(Cl)c1)S(=O)(=O)c1ccccc1. The molecule has 0 radical (unpaired) electrons. The number of hydrogen-bond donors (Lipinski definition) is 1. The topological polar surface area (TPSA) is 86.8 Å². The standard InChI is InChI=1S/C34H35Cl2N3O4S/c1-3-19-37-34(41)32(21-26-12-6-4-7-13-26)38(23-27-14-10-11-25(2)20-27)33(40)24-39(28-17-18-30(35)31(36)22-28)44(42,43)29-15-8-5-9-16-29/h4-18,20,22,32H,3,19,21,23-24H2,1-2H3,(H,37,41). The van der Waals surface area contributed by atoms with E-state index in [0.717, 1.165) is 27.4 Å². The van der Waals surface area contributed by atoms with Crippen molar-refractivity contribution in [3.8, 4) is 0 Å². The van der Waals surface area contributed by atoms with Crippen LogP contribution < -0.4 is 9.62 Å². The fourth-order valence-electron chi connectivity index (χ4n) is 4.82. The van der Waals surface area contributed by atoms with Crippen LogP contribution in [0.1, 0.15) is 30.0 Å². The van der Waals surface area contributed by atoms with Crippen LogP contribution in [0, 0.1) is 6.92 Å². The Morgan fingerprint density at radius 3 is 2.11 bits per heavy atom. The van der Waals surface area contributed by atoms with Crippen LogP contribution in [0.3, 0.4) is 0 Å². The molecule has 4 aromatic rings. The van der Waals surface area contributed by atoms with E-state index >= 15 is 0 Å². The van der Waals surface area contributed by atoms with Crippen molar-refractivity contribution in [2.45, 2.75) is 44.2 Å². The van der Waals surface area contributed by atoms with Crippen molar-refractivity contribution >= 4 is 50.7 Å². The van der Waals surface area contributed by atoms with Crippen LogP contribution in [0.15, 0.2) is 108 Å². The summed E-state index contributed by atoms with van der Waals surface area (Å²) < 4.78 is 29.1. The Hall–Kier alpha value is -3.85. The molecule has 0 bridgehead atoms. The highest BCUT2D eigenvalue weighted by atomic mass is 35.5. The Balaban J connectivity index is 1.81. The minimum Gasteiger partial charge on any atom is -0.354 e. The number of sulfonamides is 1. The Kier molecular flexibility index (Phi) is 11.4. The van der Waals surface area contributed by atoms with E-state index in [1.807, 2.05) is 68.4 Å². The molecule has 44 heavy (non-hydrogen) atoms. The molecule has 10 heteroatoms. The summed E-state index contributed by atoms with van der Waals surface area (Å²) in [4.78, 5) is 29.6. The predicted molar refractivity (Wildman–Crippen MR) is 176 cm³/mol. The van der Waals surface area contributed by atoms with Crippen molar-refractivity contribution < 1.29 is 18.0 Å². The fraction of sp³-hybridized carbons (Fsp3) is 0.235. The number of nitrogens with one attached hydrogen (secondary N) is 1. The van der Waals surface area contributed by atoms with E-state index in [2.05, 4.69) is 5.32 Å². The average Bonchev–Trinajstić information content (AvgIpc) is 3.02. The van der Waals surface area contributed by atoms with Crippen molar-refractivity contribution in [1.82, 2.24) is 10.2 Å². The third-order valence-electron chi connectivity index (χ3n) is 7.06. The molecule has 0 aliphatic heterocycles. The number of nitrogens with zero attached hydrogens (tertiary/aromatic N) is 2. The first-order valence-corrected chi connectivity index (χ1v) is 16.5. The normalized spacial score (nSPS) is 11.9. The van der Waals surface area contributed by atoms with Crippen molar-refractivity contribution in [1.29, 1.82) is 0 Å². The molecule has 0 spiro atoms. The second-order valence-corrected chi connectivity index (χ2v) is 13.1. The molecule has 0 aliphatic rings. The molecule has 0 fully saturated rings. The molecule has 1 N–H and O–H groups in total. The summed E-state index contributed by atoms with van der Waals surface area (Å²) in [5.41, 5.74) is 2.84. The maximum absolute atomic E-state index is 14.4. The third-order valence-corrected chi connectivity index (χ3v) is 9.58. The lowest BCUT2D eigenvalue weighted by atomic mass is 10.0. The number of amides is 2.